The van der Waals surface area contributed by atoms with E-state index in [4.69, 9.17) is 0 Å². The van der Waals surface area contributed by atoms with Crippen molar-refractivity contribution in [2.24, 2.45) is 0 Å². The molecule has 23 heavy (non-hydrogen) atoms. The normalized spacial score (nSPS) is 11.0. The third-order valence-corrected chi connectivity index (χ3v) is 4.12. The van der Waals surface area contributed by atoms with Crippen LogP contribution < -0.4 is 0 Å². The van der Waals surface area contributed by atoms with E-state index in [2.05, 4.69) is 4.57 Å². The molecule has 0 radical (unpaired) electrons. The van der Waals surface area contributed by atoms with E-state index in [1.165, 1.54) is 0 Å². The van der Waals surface area contributed by atoms with Crippen molar-refractivity contribution >= 4 is 16.9 Å². The van der Waals surface area contributed by atoms with Gasteiger partial charge in [-0.3, -0.25) is 4.79 Å². The summed E-state index contributed by atoms with van der Waals surface area (Å²) < 4.78 is 2.11. The Kier molecular flexibility index (Phi) is 4.06. The molecule has 0 atom stereocenters. The lowest BCUT2D eigenvalue weighted by Gasteiger charge is -2.11. The largest absolute Gasteiger partial charge is 0.508 e. The summed E-state index contributed by atoms with van der Waals surface area (Å²) in [4.78, 5) is 11.3. The fourth-order valence-electron chi connectivity index (χ4n) is 3.16. The molecule has 0 bridgehead atoms. The van der Waals surface area contributed by atoms with Gasteiger partial charge in [0.2, 0.25) is 0 Å². The lowest BCUT2D eigenvalue weighted by molar-refractivity contribution is -0.136. The number of carboxylic acids is 1. The molecule has 1 aromatic heterocycles. The highest BCUT2D eigenvalue weighted by molar-refractivity contribution is 5.90. The maximum atomic E-state index is 11.3. The first kappa shape index (κ1) is 15.2. The number of carboxylic acid groups (broad SMARTS) is 1. The van der Waals surface area contributed by atoms with Crippen molar-refractivity contribution in [3.63, 3.8) is 0 Å². The first-order valence-electron chi connectivity index (χ1n) is 7.68. The summed E-state index contributed by atoms with van der Waals surface area (Å²) in [6.45, 7) is 2.69. The molecule has 4 heteroatoms. The van der Waals surface area contributed by atoms with E-state index in [1.807, 2.05) is 43.3 Å². The number of rotatable bonds is 5. The first-order chi connectivity index (χ1) is 11.1. The second-order valence-electron chi connectivity index (χ2n) is 5.62. The van der Waals surface area contributed by atoms with E-state index >= 15 is 0 Å². The molecule has 2 aromatic carbocycles. The molecule has 0 fully saturated rings. The van der Waals surface area contributed by atoms with Gasteiger partial charge in [-0.25, -0.2) is 0 Å². The Morgan fingerprint density at radius 2 is 1.87 bits per heavy atom. The van der Waals surface area contributed by atoms with Gasteiger partial charge >= 0.3 is 5.97 Å². The van der Waals surface area contributed by atoms with E-state index in [0.29, 0.717) is 6.54 Å². The zero-order valence-corrected chi connectivity index (χ0v) is 13.0. The summed E-state index contributed by atoms with van der Waals surface area (Å²) >= 11 is 0. The van der Waals surface area contributed by atoms with Crippen molar-refractivity contribution in [1.82, 2.24) is 4.57 Å². The Balaban J connectivity index is 2.21. The number of phenols is 1. The molecule has 0 unspecified atom stereocenters. The highest BCUT2D eigenvalue weighted by Gasteiger charge is 2.18. The van der Waals surface area contributed by atoms with Crippen molar-refractivity contribution in [2.75, 3.05) is 0 Å². The number of aliphatic carboxylic acids is 1. The number of benzene rings is 2. The van der Waals surface area contributed by atoms with Crippen LogP contribution in [-0.4, -0.2) is 20.7 Å². The summed E-state index contributed by atoms with van der Waals surface area (Å²) in [7, 11) is 0. The first-order valence-corrected chi connectivity index (χ1v) is 7.68. The molecule has 0 aliphatic rings. The fraction of sp³-hybridized carbons (Fsp3) is 0.211. The van der Waals surface area contributed by atoms with E-state index in [9.17, 15) is 15.0 Å². The minimum Gasteiger partial charge on any atom is -0.508 e. The van der Waals surface area contributed by atoms with Crippen LogP contribution >= 0.6 is 0 Å². The smallest absolute Gasteiger partial charge is 0.307 e. The fourth-order valence-corrected chi connectivity index (χ4v) is 3.16. The SMILES string of the molecule is CCc1c(CC(=O)O)c2ccc(O)cc2n1Cc1ccccc1. The predicted molar refractivity (Wildman–Crippen MR) is 89.9 cm³/mol. The molecule has 4 nitrogen and oxygen atoms in total. The quantitative estimate of drug-likeness (QED) is 0.757. The minimum absolute atomic E-state index is 0.00770. The van der Waals surface area contributed by atoms with E-state index in [0.717, 1.165) is 34.1 Å². The van der Waals surface area contributed by atoms with Crippen LogP contribution in [-0.2, 0) is 24.2 Å². The van der Waals surface area contributed by atoms with Crippen molar-refractivity contribution in [2.45, 2.75) is 26.3 Å². The number of fused-ring (bicyclic) bond motifs is 1. The van der Waals surface area contributed by atoms with Crippen molar-refractivity contribution in [3.8, 4) is 5.75 Å². The van der Waals surface area contributed by atoms with Gasteiger partial charge in [-0.1, -0.05) is 37.3 Å². The molecule has 1 heterocycles. The second kappa shape index (κ2) is 6.16. The van der Waals surface area contributed by atoms with Crippen LogP contribution in [0.5, 0.6) is 5.75 Å². The Morgan fingerprint density at radius 1 is 1.13 bits per heavy atom. The summed E-state index contributed by atoms with van der Waals surface area (Å²) in [5.41, 5.74) is 3.87. The molecular weight excluding hydrogens is 290 g/mol. The van der Waals surface area contributed by atoms with Gasteiger partial charge in [0.05, 0.1) is 11.9 Å². The molecule has 0 amide bonds. The maximum absolute atomic E-state index is 11.3. The van der Waals surface area contributed by atoms with Gasteiger partial charge < -0.3 is 14.8 Å². The van der Waals surface area contributed by atoms with Crippen LogP contribution in [0.3, 0.4) is 0 Å². The van der Waals surface area contributed by atoms with Gasteiger partial charge in [0.25, 0.3) is 0 Å². The van der Waals surface area contributed by atoms with Gasteiger partial charge in [0.1, 0.15) is 5.75 Å². The Hall–Kier alpha value is -2.75. The number of aromatic nitrogens is 1. The third-order valence-electron chi connectivity index (χ3n) is 4.12. The number of hydrogen-bond acceptors (Lipinski definition) is 2. The minimum atomic E-state index is -0.841. The average Bonchev–Trinajstić information content (AvgIpc) is 2.80. The van der Waals surface area contributed by atoms with Crippen molar-refractivity contribution in [3.05, 3.63) is 65.4 Å². The number of hydrogen-bond donors (Lipinski definition) is 2. The molecule has 0 saturated carbocycles. The van der Waals surface area contributed by atoms with Gasteiger partial charge in [-0.15, -0.1) is 0 Å². The number of carbonyl (C=O) groups is 1. The van der Waals surface area contributed by atoms with Crippen LogP contribution in [0.4, 0.5) is 0 Å². The number of nitrogens with zero attached hydrogens (tertiary/aromatic N) is 1. The monoisotopic (exact) mass is 309 g/mol. The Morgan fingerprint density at radius 3 is 2.52 bits per heavy atom. The van der Waals surface area contributed by atoms with Crippen LogP contribution in [0, 0.1) is 0 Å². The highest BCUT2D eigenvalue weighted by atomic mass is 16.4. The van der Waals surface area contributed by atoms with Crippen LogP contribution in [0.15, 0.2) is 48.5 Å². The lowest BCUT2D eigenvalue weighted by Crippen LogP contribution is -2.07. The van der Waals surface area contributed by atoms with Gasteiger partial charge in [0, 0.05) is 23.7 Å². The molecule has 0 saturated heterocycles. The molecule has 0 spiro atoms. The maximum Gasteiger partial charge on any atom is 0.307 e. The van der Waals surface area contributed by atoms with E-state index in [1.54, 1.807) is 12.1 Å². The molecule has 2 N–H and O–H groups in total. The second-order valence-corrected chi connectivity index (χ2v) is 5.62. The third kappa shape index (κ3) is 2.93. The van der Waals surface area contributed by atoms with Gasteiger partial charge in [-0.05, 0) is 29.7 Å². The predicted octanol–water partition coefficient (Wildman–Crippen LogP) is 3.58. The molecule has 3 aromatic rings. The topological polar surface area (TPSA) is 62.5 Å². The van der Waals surface area contributed by atoms with Crippen LogP contribution in [0.25, 0.3) is 10.9 Å². The number of aromatic hydroxyl groups is 1. The molecule has 3 rings (SSSR count). The van der Waals surface area contributed by atoms with Crippen LogP contribution in [0.1, 0.15) is 23.7 Å². The summed E-state index contributed by atoms with van der Waals surface area (Å²) in [6.07, 6.45) is 0.733. The summed E-state index contributed by atoms with van der Waals surface area (Å²) in [5, 5.41) is 20.0. The Bertz CT molecular complexity index is 850. The standard InChI is InChI=1S/C19H19NO3/c1-2-17-16(11-19(22)23)15-9-8-14(21)10-18(15)20(17)12-13-6-4-3-5-7-13/h3-10,21H,2,11-12H2,1H3,(H,22,23). The van der Waals surface area contributed by atoms with Crippen molar-refractivity contribution < 1.29 is 15.0 Å². The van der Waals surface area contributed by atoms with E-state index < -0.39 is 5.97 Å². The summed E-state index contributed by atoms with van der Waals surface area (Å²) in [5.74, 6) is -0.652. The van der Waals surface area contributed by atoms with Crippen LogP contribution in [0.2, 0.25) is 0 Å². The highest BCUT2D eigenvalue weighted by Crippen LogP contribution is 2.31. The number of phenolic OH excluding ortho intramolecular Hbond substituents is 1. The molecule has 0 aliphatic heterocycles. The Labute approximate surface area is 134 Å². The van der Waals surface area contributed by atoms with Gasteiger partial charge in [-0.2, -0.15) is 0 Å². The van der Waals surface area contributed by atoms with Gasteiger partial charge in [0.15, 0.2) is 0 Å². The average molecular weight is 309 g/mol. The molecule has 0 aliphatic carbocycles. The van der Waals surface area contributed by atoms with E-state index in [-0.39, 0.29) is 12.2 Å². The molecular formula is C19H19NO3. The lowest BCUT2D eigenvalue weighted by atomic mass is 10.1. The van der Waals surface area contributed by atoms with Crippen molar-refractivity contribution in [1.29, 1.82) is 0 Å². The molecule has 118 valence electrons. The summed E-state index contributed by atoms with van der Waals surface area (Å²) in [6, 6.07) is 15.2. The zero-order valence-electron chi connectivity index (χ0n) is 13.0. The zero-order chi connectivity index (χ0) is 16.4.